The lowest BCUT2D eigenvalue weighted by atomic mass is 9.82. The SMILES string of the molecule is CN(CC(CBr)C(C)(C)C)c1ccc(F)cc1. The highest BCUT2D eigenvalue weighted by Gasteiger charge is 2.24. The van der Waals surface area contributed by atoms with E-state index in [9.17, 15) is 4.39 Å². The van der Waals surface area contributed by atoms with Crippen molar-refractivity contribution in [3.8, 4) is 0 Å². The number of rotatable bonds is 4. The first-order valence-electron chi connectivity index (χ1n) is 5.87. The molecule has 0 aliphatic rings. The van der Waals surface area contributed by atoms with Crippen LogP contribution in [0.5, 0.6) is 0 Å². The van der Waals surface area contributed by atoms with Crippen LogP contribution in [0.1, 0.15) is 20.8 Å². The van der Waals surface area contributed by atoms with Crippen molar-refractivity contribution >= 4 is 21.6 Å². The summed E-state index contributed by atoms with van der Waals surface area (Å²) in [5.41, 5.74) is 1.32. The lowest BCUT2D eigenvalue weighted by Gasteiger charge is -2.33. The van der Waals surface area contributed by atoms with Crippen LogP contribution in [-0.2, 0) is 0 Å². The van der Waals surface area contributed by atoms with E-state index >= 15 is 0 Å². The van der Waals surface area contributed by atoms with Crippen molar-refractivity contribution in [3.63, 3.8) is 0 Å². The molecule has 0 aliphatic heterocycles. The minimum absolute atomic E-state index is 0.185. The fourth-order valence-electron chi connectivity index (χ4n) is 1.69. The predicted octanol–water partition coefficient (Wildman–Crippen LogP) is 4.32. The highest BCUT2D eigenvalue weighted by atomic mass is 79.9. The Morgan fingerprint density at radius 1 is 1.24 bits per heavy atom. The maximum absolute atomic E-state index is 12.8. The molecule has 0 aromatic heterocycles. The van der Waals surface area contributed by atoms with Crippen molar-refractivity contribution in [2.45, 2.75) is 20.8 Å². The van der Waals surface area contributed by atoms with Crippen LogP contribution in [0.15, 0.2) is 24.3 Å². The molecule has 1 rings (SSSR count). The molecule has 96 valence electrons. The molecule has 0 fully saturated rings. The molecule has 0 radical (unpaired) electrons. The molecule has 0 N–H and O–H groups in total. The highest BCUT2D eigenvalue weighted by Crippen LogP contribution is 2.29. The molecule has 0 aliphatic carbocycles. The summed E-state index contributed by atoms with van der Waals surface area (Å²) in [6, 6.07) is 6.66. The molecule has 3 heteroatoms. The van der Waals surface area contributed by atoms with Crippen molar-refractivity contribution in [2.75, 3.05) is 23.8 Å². The summed E-state index contributed by atoms with van der Waals surface area (Å²) in [7, 11) is 2.05. The average Bonchev–Trinajstić information content (AvgIpc) is 2.24. The third-order valence-corrected chi connectivity index (χ3v) is 3.95. The van der Waals surface area contributed by atoms with Crippen molar-refractivity contribution in [3.05, 3.63) is 30.1 Å². The molecule has 1 aromatic carbocycles. The van der Waals surface area contributed by atoms with Gasteiger partial charge in [0.15, 0.2) is 0 Å². The summed E-state index contributed by atoms with van der Waals surface area (Å²) in [5, 5.41) is 0.974. The molecule has 0 spiro atoms. The molecule has 0 saturated carbocycles. The molecule has 1 nitrogen and oxygen atoms in total. The van der Waals surface area contributed by atoms with E-state index in [0.717, 1.165) is 17.6 Å². The summed E-state index contributed by atoms with van der Waals surface area (Å²) < 4.78 is 12.8. The van der Waals surface area contributed by atoms with Gasteiger partial charge < -0.3 is 4.90 Å². The molecule has 0 amide bonds. The topological polar surface area (TPSA) is 3.24 Å². The van der Waals surface area contributed by atoms with Crippen LogP contribution in [0, 0.1) is 17.2 Å². The Morgan fingerprint density at radius 3 is 2.18 bits per heavy atom. The fraction of sp³-hybridized carbons (Fsp3) is 0.571. The summed E-state index contributed by atoms with van der Waals surface area (Å²) in [4.78, 5) is 2.18. The Bertz CT molecular complexity index is 342. The van der Waals surface area contributed by atoms with Crippen LogP contribution in [0.25, 0.3) is 0 Å². The van der Waals surface area contributed by atoms with Crippen LogP contribution < -0.4 is 4.90 Å². The van der Waals surface area contributed by atoms with E-state index in [1.807, 2.05) is 12.1 Å². The summed E-state index contributed by atoms with van der Waals surface area (Å²) in [6.45, 7) is 7.70. The molecule has 17 heavy (non-hydrogen) atoms. The maximum atomic E-state index is 12.8. The van der Waals surface area contributed by atoms with E-state index in [1.54, 1.807) is 0 Å². The normalized spacial score (nSPS) is 13.5. The molecule has 1 atom stereocenters. The second kappa shape index (κ2) is 5.85. The smallest absolute Gasteiger partial charge is 0.123 e. The standard InChI is InChI=1S/C14H21BrFN/c1-14(2,3)11(9-15)10-17(4)13-7-5-12(16)6-8-13/h5-8,11H,9-10H2,1-4H3. The largest absolute Gasteiger partial charge is 0.374 e. The molecular weight excluding hydrogens is 281 g/mol. The quantitative estimate of drug-likeness (QED) is 0.749. The van der Waals surface area contributed by atoms with Crippen LogP contribution in [0.2, 0.25) is 0 Å². The first-order valence-corrected chi connectivity index (χ1v) is 6.99. The van der Waals surface area contributed by atoms with Gasteiger partial charge in [0.2, 0.25) is 0 Å². The zero-order valence-corrected chi connectivity index (χ0v) is 12.6. The Kier molecular flexibility index (Phi) is 4.99. The van der Waals surface area contributed by atoms with E-state index in [4.69, 9.17) is 0 Å². The Labute approximate surface area is 112 Å². The minimum atomic E-state index is -0.185. The maximum Gasteiger partial charge on any atom is 0.123 e. The average molecular weight is 302 g/mol. The fourth-order valence-corrected chi connectivity index (χ4v) is 2.86. The first-order chi connectivity index (χ1) is 7.84. The van der Waals surface area contributed by atoms with Gasteiger partial charge in [0, 0.05) is 24.6 Å². The summed E-state index contributed by atoms with van der Waals surface area (Å²) in [5.74, 6) is 0.368. The molecule has 0 heterocycles. The number of hydrogen-bond acceptors (Lipinski definition) is 1. The van der Waals surface area contributed by atoms with E-state index < -0.39 is 0 Å². The van der Waals surface area contributed by atoms with Crippen molar-refractivity contribution in [1.82, 2.24) is 0 Å². The van der Waals surface area contributed by atoms with Gasteiger partial charge in [-0.3, -0.25) is 0 Å². The summed E-state index contributed by atoms with van der Waals surface area (Å²) in [6.07, 6.45) is 0. The van der Waals surface area contributed by atoms with Gasteiger partial charge in [-0.1, -0.05) is 36.7 Å². The second-order valence-corrected chi connectivity index (χ2v) is 6.22. The lowest BCUT2D eigenvalue weighted by Crippen LogP contribution is -2.34. The van der Waals surface area contributed by atoms with Gasteiger partial charge >= 0.3 is 0 Å². The third kappa shape index (κ3) is 4.30. The van der Waals surface area contributed by atoms with Gasteiger partial charge in [-0.05, 0) is 35.6 Å². The molecule has 0 saturated heterocycles. The lowest BCUT2D eigenvalue weighted by molar-refractivity contribution is 0.273. The second-order valence-electron chi connectivity index (χ2n) is 5.57. The Morgan fingerprint density at radius 2 is 1.76 bits per heavy atom. The first kappa shape index (κ1) is 14.5. The van der Waals surface area contributed by atoms with Crippen LogP contribution in [0.3, 0.4) is 0 Å². The third-order valence-electron chi connectivity index (χ3n) is 3.17. The van der Waals surface area contributed by atoms with E-state index in [-0.39, 0.29) is 11.2 Å². The van der Waals surface area contributed by atoms with Gasteiger partial charge in [-0.15, -0.1) is 0 Å². The monoisotopic (exact) mass is 301 g/mol. The van der Waals surface area contributed by atoms with E-state index in [0.29, 0.717) is 5.92 Å². The zero-order valence-electron chi connectivity index (χ0n) is 11.0. The van der Waals surface area contributed by atoms with Crippen LogP contribution in [0.4, 0.5) is 10.1 Å². The predicted molar refractivity (Wildman–Crippen MR) is 76.4 cm³/mol. The Balaban J connectivity index is 2.71. The van der Waals surface area contributed by atoms with Crippen LogP contribution >= 0.6 is 15.9 Å². The van der Waals surface area contributed by atoms with Gasteiger partial charge in [-0.2, -0.15) is 0 Å². The van der Waals surface area contributed by atoms with Gasteiger partial charge in [-0.25, -0.2) is 4.39 Å². The van der Waals surface area contributed by atoms with Crippen molar-refractivity contribution in [2.24, 2.45) is 11.3 Å². The highest BCUT2D eigenvalue weighted by molar-refractivity contribution is 9.09. The molecular formula is C14H21BrFN. The zero-order chi connectivity index (χ0) is 13.1. The number of nitrogens with zero attached hydrogens (tertiary/aromatic N) is 1. The van der Waals surface area contributed by atoms with E-state index in [2.05, 4.69) is 48.6 Å². The number of hydrogen-bond donors (Lipinski definition) is 0. The molecule has 1 aromatic rings. The van der Waals surface area contributed by atoms with Gasteiger partial charge in [0.05, 0.1) is 0 Å². The number of benzene rings is 1. The number of alkyl halides is 1. The van der Waals surface area contributed by atoms with Gasteiger partial charge in [0.25, 0.3) is 0 Å². The van der Waals surface area contributed by atoms with Crippen molar-refractivity contribution < 1.29 is 4.39 Å². The Hall–Kier alpha value is -0.570. The van der Waals surface area contributed by atoms with Crippen LogP contribution in [-0.4, -0.2) is 18.9 Å². The molecule has 0 bridgehead atoms. The summed E-state index contributed by atoms with van der Waals surface area (Å²) >= 11 is 3.58. The number of anilines is 1. The molecule has 1 unspecified atom stereocenters. The van der Waals surface area contributed by atoms with E-state index in [1.165, 1.54) is 12.1 Å². The number of halogens is 2. The van der Waals surface area contributed by atoms with Crippen molar-refractivity contribution in [1.29, 1.82) is 0 Å². The minimum Gasteiger partial charge on any atom is -0.374 e. The van der Waals surface area contributed by atoms with Gasteiger partial charge in [0.1, 0.15) is 5.82 Å².